The van der Waals surface area contributed by atoms with Crippen molar-refractivity contribution in [1.82, 2.24) is 4.98 Å². The van der Waals surface area contributed by atoms with Gasteiger partial charge in [0.15, 0.2) is 0 Å². The van der Waals surface area contributed by atoms with E-state index in [2.05, 4.69) is 10.3 Å². The van der Waals surface area contributed by atoms with Gasteiger partial charge in [-0.15, -0.1) is 0 Å². The Morgan fingerprint density at radius 3 is 2.32 bits per heavy atom. The third-order valence-electron chi connectivity index (χ3n) is 2.24. The zero-order valence-electron chi connectivity index (χ0n) is 11.7. The van der Waals surface area contributed by atoms with E-state index >= 15 is 0 Å². The van der Waals surface area contributed by atoms with Gasteiger partial charge in [0, 0.05) is 0 Å². The smallest absolute Gasteiger partial charge is 0.413 e. The molecule has 0 saturated heterocycles. The summed E-state index contributed by atoms with van der Waals surface area (Å²) in [7, 11) is 0. The van der Waals surface area contributed by atoms with Crippen LogP contribution in [-0.2, 0) is 4.74 Å². The fraction of sp³-hybridized carbons (Fsp3) is 0.462. The Morgan fingerprint density at radius 1 is 1.32 bits per heavy atom. The van der Waals surface area contributed by atoms with Gasteiger partial charge >= 0.3 is 12.1 Å². The van der Waals surface area contributed by atoms with E-state index < -0.39 is 17.7 Å². The third-order valence-corrected chi connectivity index (χ3v) is 2.24. The number of hydrogen-bond acceptors (Lipinski definition) is 4. The quantitative estimate of drug-likeness (QED) is 0.859. The van der Waals surface area contributed by atoms with Gasteiger partial charge in [-0.2, -0.15) is 0 Å². The van der Waals surface area contributed by atoms with E-state index in [0.717, 1.165) is 0 Å². The van der Waals surface area contributed by atoms with Crippen molar-refractivity contribution in [1.29, 1.82) is 0 Å². The second-order valence-electron chi connectivity index (χ2n) is 5.22. The number of carboxylic acids is 1. The number of anilines is 1. The molecule has 0 bridgehead atoms. The summed E-state index contributed by atoms with van der Waals surface area (Å²) in [4.78, 5) is 26.6. The fourth-order valence-electron chi connectivity index (χ4n) is 1.63. The van der Waals surface area contributed by atoms with Crippen LogP contribution in [0.25, 0.3) is 0 Å². The van der Waals surface area contributed by atoms with Crippen LogP contribution in [0.4, 0.5) is 10.6 Å². The summed E-state index contributed by atoms with van der Waals surface area (Å²) in [5.41, 5.74) is 0.425. The molecule has 0 fully saturated rings. The molecular weight excluding hydrogens is 248 g/mol. The molecule has 6 heteroatoms. The molecule has 1 aromatic heterocycles. The van der Waals surface area contributed by atoms with Crippen molar-refractivity contribution in [3.63, 3.8) is 0 Å². The monoisotopic (exact) mass is 266 g/mol. The second kappa shape index (κ2) is 5.26. The summed E-state index contributed by atoms with van der Waals surface area (Å²) in [5.74, 6) is -0.763. The van der Waals surface area contributed by atoms with E-state index in [4.69, 9.17) is 9.84 Å². The predicted molar refractivity (Wildman–Crippen MR) is 70.5 cm³/mol. The van der Waals surface area contributed by atoms with Crippen LogP contribution < -0.4 is 5.32 Å². The number of nitrogens with one attached hydrogen (secondary N) is 1. The average molecular weight is 266 g/mol. The van der Waals surface area contributed by atoms with E-state index in [1.54, 1.807) is 34.6 Å². The summed E-state index contributed by atoms with van der Waals surface area (Å²) in [6, 6.07) is 1.50. The summed E-state index contributed by atoms with van der Waals surface area (Å²) < 4.78 is 5.09. The van der Waals surface area contributed by atoms with Gasteiger partial charge in [-0.3, -0.25) is 5.32 Å². The number of aryl methyl sites for hydroxylation is 2. The summed E-state index contributed by atoms with van der Waals surface area (Å²) in [5, 5.41) is 11.5. The van der Waals surface area contributed by atoms with Gasteiger partial charge in [-0.25, -0.2) is 14.6 Å². The number of rotatable bonds is 2. The third kappa shape index (κ3) is 4.24. The molecule has 1 heterocycles. The van der Waals surface area contributed by atoms with E-state index in [0.29, 0.717) is 11.3 Å². The van der Waals surface area contributed by atoms with E-state index in [9.17, 15) is 9.59 Å². The highest BCUT2D eigenvalue weighted by Gasteiger charge is 2.18. The number of carbonyl (C=O) groups is 2. The van der Waals surface area contributed by atoms with E-state index in [-0.39, 0.29) is 11.4 Å². The number of ether oxygens (including phenoxy) is 1. The largest absolute Gasteiger partial charge is 0.478 e. The molecule has 0 radical (unpaired) electrons. The Hall–Kier alpha value is -2.11. The summed E-state index contributed by atoms with van der Waals surface area (Å²) in [6.45, 7) is 8.49. The van der Waals surface area contributed by atoms with E-state index in [1.807, 2.05) is 0 Å². The molecule has 1 amide bonds. The predicted octanol–water partition coefficient (Wildman–Crippen LogP) is 2.74. The number of carbonyl (C=O) groups excluding carboxylic acids is 1. The van der Waals surface area contributed by atoms with Crippen LogP contribution in [0.2, 0.25) is 0 Å². The lowest BCUT2D eigenvalue weighted by Gasteiger charge is -2.19. The second-order valence-corrected chi connectivity index (χ2v) is 5.22. The first kappa shape index (κ1) is 14.9. The molecule has 1 aromatic rings. The fourth-order valence-corrected chi connectivity index (χ4v) is 1.63. The Morgan fingerprint density at radius 2 is 1.89 bits per heavy atom. The maximum absolute atomic E-state index is 11.6. The molecular formula is C13H18N2O4. The van der Waals surface area contributed by atoms with Crippen molar-refractivity contribution in [2.75, 3.05) is 5.32 Å². The number of aromatic carboxylic acids is 1. The minimum absolute atomic E-state index is 0.148. The lowest BCUT2D eigenvalue weighted by Crippen LogP contribution is -2.27. The summed E-state index contributed by atoms with van der Waals surface area (Å²) >= 11 is 0. The van der Waals surface area contributed by atoms with Gasteiger partial charge in [-0.05, 0) is 46.2 Å². The Kier molecular flexibility index (Phi) is 4.14. The topological polar surface area (TPSA) is 88.5 Å². The van der Waals surface area contributed by atoms with Crippen LogP contribution in [-0.4, -0.2) is 27.8 Å². The zero-order valence-corrected chi connectivity index (χ0v) is 11.7. The van der Waals surface area contributed by atoms with Crippen molar-refractivity contribution >= 4 is 17.9 Å². The van der Waals surface area contributed by atoms with Gasteiger partial charge in [-0.1, -0.05) is 0 Å². The zero-order chi connectivity index (χ0) is 14.8. The highest BCUT2D eigenvalue weighted by Crippen LogP contribution is 2.17. The van der Waals surface area contributed by atoms with E-state index in [1.165, 1.54) is 6.07 Å². The van der Waals surface area contributed by atoms with Crippen LogP contribution in [0.15, 0.2) is 6.07 Å². The highest BCUT2D eigenvalue weighted by molar-refractivity contribution is 5.91. The van der Waals surface area contributed by atoms with Crippen LogP contribution in [0, 0.1) is 13.8 Å². The molecule has 0 aromatic carbocycles. The number of amides is 1. The van der Waals surface area contributed by atoms with Gasteiger partial charge in [0.1, 0.15) is 11.4 Å². The van der Waals surface area contributed by atoms with Gasteiger partial charge in [0.2, 0.25) is 0 Å². The van der Waals surface area contributed by atoms with Gasteiger partial charge < -0.3 is 9.84 Å². The standard InChI is InChI=1S/C13H18N2O4/c1-7-6-9(14-8(2)10(7)11(16)17)15-12(18)19-13(3,4)5/h6H,1-5H3,(H,16,17)(H,14,15,18). The first-order valence-electron chi connectivity index (χ1n) is 5.81. The van der Waals surface area contributed by atoms with Crippen molar-refractivity contribution in [2.45, 2.75) is 40.2 Å². The lowest BCUT2D eigenvalue weighted by molar-refractivity contribution is 0.0634. The number of nitrogens with zero attached hydrogens (tertiary/aromatic N) is 1. The molecule has 0 unspecified atom stereocenters. The highest BCUT2D eigenvalue weighted by atomic mass is 16.6. The molecule has 1 rings (SSSR count). The number of aromatic nitrogens is 1. The van der Waals surface area contributed by atoms with Crippen LogP contribution in [0.5, 0.6) is 0 Å². The first-order valence-corrected chi connectivity index (χ1v) is 5.81. The van der Waals surface area contributed by atoms with Crippen molar-refractivity contribution in [3.05, 3.63) is 22.9 Å². The van der Waals surface area contributed by atoms with Crippen molar-refractivity contribution in [2.24, 2.45) is 0 Å². The molecule has 6 nitrogen and oxygen atoms in total. The van der Waals surface area contributed by atoms with Gasteiger partial charge in [0.05, 0.1) is 11.3 Å². The number of carboxylic acid groups (broad SMARTS) is 1. The Labute approximate surface area is 111 Å². The molecule has 19 heavy (non-hydrogen) atoms. The molecule has 0 aliphatic heterocycles. The molecule has 0 atom stereocenters. The maximum Gasteiger partial charge on any atom is 0.413 e. The lowest BCUT2D eigenvalue weighted by atomic mass is 10.1. The molecule has 0 aliphatic carbocycles. The minimum atomic E-state index is -1.04. The summed E-state index contributed by atoms with van der Waals surface area (Å²) in [6.07, 6.45) is -0.623. The maximum atomic E-state index is 11.6. The molecule has 104 valence electrons. The van der Waals surface area contributed by atoms with Crippen molar-refractivity contribution in [3.8, 4) is 0 Å². The van der Waals surface area contributed by atoms with Crippen LogP contribution in [0.3, 0.4) is 0 Å². The van der Waals surface area contributed by atoms with Gasteiger partial charge in [0.25, 0.3) is 0 Å². The van der Waals surface area contributed by atoms with Crippen LogP contribution >= 0.6 is 0 Å². The molecule has 0 spiro atoms. The molecule has 0 aliphatic rings. The number of pyridine rings is 1. The molecule has 2 N–H and O–H groups in total. The SMILES string of the molecule is Cc1cc(NC(=O)OC(C)(C)C)nc(C)c1C(=O)O. The first-order chi connectivity index (χ1) is 8.60. The molecule has 0 saturated carbocycles. The Balaban J connectivity index is 2.93. The Bertz CT molecular complexity index is 495. The number of hydrogen-bond donors (Lipinski definition) is 2. The average Bonchev–Trinajstić information content (AvgIpc) is 2.10. The van der Waals surface area contributed by atoms with Crippen LogP contribution in [0.1, 0.15) is 42.4 Å². The minimum Gasteiger partial charge on any atom is -0.478 e. The van der Waals surface area contributed by atoms with Crippen molar-refractivity contribution < 1.29 is 19.4 Å². The normalized spacial score (nSPS) is 11.0.